The van der Waals surface area contributed by atoms with Crippen molar-refractivity contribution >= 4 is 46.1 Å². The lowest BCUT2D eigenvalue weighted by Crippen LogP contribution is -2.49. The van der Waals surface area contributed by atoms with Crippen LogP contribution >= 0.6 is 11.6 Å². The second-order valence-corrected chi connectivity index (χ2v) is 9.76. The van der Waals surface area contributed by atoms with E-state index in [2.05, 4.69) is 5.32 Å². The molecule has 1 fully saturated rings. The Balaban J connectivity index is 1.33. The van der Waals surface area contributed by atoms with Gasteiger partial charge in [-0.05, 0) is 30.3 Å². The van der Waals surface area contributed by atoms with E-state index in [0.717, 1.165) is 16.2 Å². The van der Waals surface area contributed by atoms with Gasteiger partial charge >= 0.3 is 6.09 Å². The number of rotatable bonds is 2. The van der Waals surface area contributed by atoms with Gasteiger partial charge in [-0.15, -0.1) is 0 Å². The number of likely N-dealkylation sites (tertiary alicyclic amines) is 1. The topological polar surface area (TPSA) is 80.6 Å². The van der Waals surface area contributed by atoms with Crippen LogP contribution < -0.4 is 5.32 Å². The average Bonchev–Trinajstić information content (AvgIpc) is 3.28. The van der Waals surface area contributed by atoms with E-state index in [1.54, 1.807) is 17.0 Å². The number of carbonyl (C=O) groups is 3. The minimum atomic E-state index is -1.27. The molecule has 7 nitrogen and oxygen atoms in total. The van der Waals surface area contributed by atoms with Crippen LogP contribution in [0.15, 0.2) is 66.9 Å². The first-order valence-electron chi connectivity index (χ1n) is 12.0. The van der Waals surface area contributed by atoms with E-state index >= 15 is 0 Å². The van der Waals surface area contributed by atoms with Gasteiger partial charge in [-0.25, -0.2) is 13.6 Å². The Morgan fingerprint density at radius 1 is 0.947 bits per heavy atom. The Labute approximate surface area is 220 Å². The minimum absolute atomic E-state index is 0.223. The van der Waals surface area contributed by atoms with Gasteiger partial charge in [-0.3, -0.25) is 19.5 Å². The average molecular weight is 536 g/mol. The fraction of sp³-hybridized carbons (Fsp3) is 0.179. The molecule has 2 amide bonds. The van der Waals surface area contributed by atoms with Gasteiger partial charge in [0.25, 0.3) is 11.8 Å². The summed E-state index contributed by atoms with van der Waals surface area (Å²) < 4.78 is 35.1. The molecule has 0 unspecified atom stereocenters. The van der Waals surface area contributed by atoms with Gasteiger partial charge in [0.2, 0.25) is 0 Å². The van der Waals surface area contributed by atoms with Crippen molar-refractivity contribution in [3.05, 3.63) is 100 Å². The van der Waals surface area contributed by atoms with Crippen LogP contribution in [0.4, 0.5) is 19.3 Å². The van der Waals surface area contributed by atoms with Crippen molar-refractivity contribution in [2.75, 3.05) is 18.4 Å². The number of carbonyl (C=O) groups excluding carboxylic acids is 3. The van der Waals surface area contributed by atoms with E-state index in [9.17, 15) is 23.2 Å². The Kier molecular flexibility index (Phi) is 5.68. The second kappa shape index (κ2) is 8.95. The van der Waals surface area contributed by atoms with Crippen molar-refractivity contribution in [2.24, 2.45) is 0 Å². The lowest BCUT2D eigenvalue weighted by molar-refractivity contribution is -0.0331. The van der Waals surface area contributed by atoms with E-state index in [0.29, 0.717) is 47.5 Å². The summed E-state index contributed by atoms with van der Waals surface area (Å²) in [7, 11) is 0. The molecule has 0 saturated carbocycles. The van der Waals surface area contributed by atoms with Crippen LogP contribution in [-0.2, 0) is 10.3 Å². The second-order valence-electron chi connectivity index (χ2n) is 9.33. The molecule has 1 N–H and O–H groups in total. The van der Waals surface area contributed by atoms with E-state index in [1.165, 1.54) is 24.4 Å². The first kappa shape index (κ1) is 24.1. The normalized spacial score (nSPS) is 16.2. The van der Waals surface area contributed by atoms with Crippen molar-refractivity contribution in [3.8, 4) is 0 Å². The molecule has 10 heteroatoms. The number of amides is 2. The first-order chi connectivity index (χ1) is 18.3. The fourth-order valence-corrected chi connectivity index (χ4v) is 5.47. The molecule has 38 heavy (non-hydrogen) atoms. The number of para-hydroxylation sites is 1. The van der Waals surface area contributed by atoms with Crippen molar-refractivity contribution in [3.63, 3.8) is 0 Å². The summed E-state index contributed by atoms with van der Waals surface area (Å²) in [5, 5.41) is 3.48. The highest BCUT2D eigenvalue weighted by Gasteiger charge is 2.45. The van der Waals surface area contributed by atoms with Gasteiger partial charge in [-0.2, -0.15) is 0 Å². The molecule has 0 atom stereocenters. The van der Waals surface area contributed by atoms with Crippen LogP contribution in [0, 0.1) is 11.6 Å². The molecule has 3 aromatic carbocycles. The van der Waals surface area contributed by atoms with Gasteiger partial charge in [0.1, 0.15) is 5.60 Å². The maximum atomic E-state index is 14.4. The molecule has 0 aliphatic carbocycles. The molecular weight excluding hydrogens is 516 g/mol. The molecular formula is C28H20ClF2N3O4. The molecule has 3 heterocycles. The Morgan fingerprint density at radius 2 is 1.71 bits per heavy atom. The lowest BCUT2D eigenvalue weighted by Gasteiger charge is -2.44. The highest BCUT2D eigenvalue weighted by Crippen LogP contribution is 2.43. The third-order valence-electron chi connectivity index (χ3n) is 7.20. The van der Waals surface area contributed by atoms with Crippen molar-refractivity contribution in [1.29, 1.82) is 0 Å². The number of aromatic nitrogens is 1. The lowest BCUT2D eigenvalue weighted by atomic mass is 9.82. The van der Waals surface area contributed by atoms with E-state index in [1.807, 2.05) is 24.3 Å². The smallest absolute Gasteiger partial charge is 0.412 e. The predicted molar refractivity (Wildman–Crippen MR) is 136 cm³/mol. The number of benzene rings is 3. The summed E-state index contributed by atoms with van der Waals surface area (Å²) in [5.74, 6) is -3.59. The number of hydrogen-bond acceptors (Lipinski definition) is 4. The molecule has 0 bridgehead atoms. The van der Waals surface area contributed by atoms with E-state index in [-0.39, 0.29) is 11.5 Å². The number of piperidine rings is 1. The van der Waals surface area contributed by atoms with Crippen LogP contribution in [0.3, 0.4) is 0 Å². The van der Waals surface area contributed by atoms with E-state index in [4.69, 9.17) is 16.3 Å². The number of nitrogens with one attached hydrogen (secondary N) is 1. The van der Waals surface area contributed by atoms with Crippen LogP contribution in [0.1, 0.15) is 39.1 Å². The highest BCUT2D eigenvalue weighted by molar-refractivity contribution is 6.31. The standard InChI is InChI=1S/C28H20ClF2N3O4/c29-16-8-9-17-19(15-34(23(17)14-16)26(36)18-4-3-6-21(30)24(18)31)25(35)33-12-10-28(11-13-33)20-5-1-2-7-22(20)32-27(37)38-28/h1-9,14-15H,10-13H2,(H,32,37). The molecule has 4 aromatic rings. The Bertz CT molecular complexity index is 1640. The van der Waals surface area contributed by atoms with Gasteiger partial charge in [0.15, 0.2) is 11.6 Å². The van der Waals surface area contributed by atoms with Crippen molar-refractivity contribution in [1.82, 2.24) is 9.47 Å². The summed E-state index contributed by atoms with van der Waals surface area (Å²) in [4.78, 5) is 40.8. The van der Waals surface area contributed by atoms with Gasteiger partial charge in [0, 0.05) is 48.1 Å². The summed E-state index contributed by atoms with van der Waals surface area (Å²) in [6.45, 7) is 0.598. The summed E-state index contributed by atoms with van der Waals surface area (Å²) in [5.41, 5.74) is 0.756. The van der Waals surface area contributed by atoms with Crippen LogP contribution in [0.25, 0.3) is 10.9 Å². The highest BCUT2D eigenvalue weighted by atomic mass is 35.5. The molecule has 0 radical (unpaired) electrons. The maximum absolute atomic E-state index is 14.4. The quantitative estimate of drug-likeness (QED) is 0.344. The summed E-state index contributed by atoms with van der Waals surface area (Å²) in [6, 6.07) is 15.5. The monoisotopic (exact) mass is 535 g/mol. The first-order valence-corrected chi connectivity index (χ1v) is 12.3. The van der Waals surface area contributed by atoms with Gasteiger partial charge < -0.3 is 9.64 Å². The zero-order valence-corrected chi connectivity index (χ0v) is 20.6. The largest absolute Gasteiger partial charge is 0.438 e. The number of halogens is 3. The number of ether oxygens (including phenoxy) is 1. The van der Waals surface area contributed by atoms with Gasteiger partial charge in [-0.1, -0.05) is 41.9 Å². The number of nitrogens with zero attached hydrogens (tertiary/aromatic N) is 2. The minimum Gasteiger partial charge on any atom is -0.438 e. The SMILES string of the molecule is O=C1Nc2ccccc2C2(CCN(C(=O)c3cn(C(=O)c4cccc(F)c4F)c4cc(Cl)ccc34)CC2)O1. The molecule has 2 aliphatic heterocycles. The summed E-state index contributed by atoms with van der Waals surface area (Å²) in [6.07, 6.45) is 1.58. The molecule has 192 valence electrons. The molecule has 1 saturated heterocycles. The summed E-state index contributed by atoms with van der Waals surface area (Å²) >= 11 is 6.17. The van der Waals surface area contributed by atoms with Crippen LogP contribution in [0.2, 0.25) is 5.02 Å². The van der Waals surface area contributed by atoms with Crippen molar-refractivity contribution < 1.29 is 27.9 Å². The Morgan fingerprint density at radius 3 is 2.50 bits per heavy atom. The molecule has 2 aliphatic rings. The predicted octanol–water partition coefficient (Wildman–Crippen LogP) is 5.96. The zero-order chi connectivity index (χ0) is 26.6. The number of anilines is 1. The number of fused-ring (bicyclic) bond motifs is 3. The van der Waals surface area contributed by atoms with Gasteiger partial charge in [0.05, 0.1) is 22.3 Å². The van der Waals surface area contributed by atoms with Crippen LogP contribution in [-0.4, -0.2) is 40.5 Å². The maximum Gasteiger partial charge on any atom is 0.412 e. The zero-order valence-electron chi connectivity index (χ0n) is 19.8. The van der Waals surface area contributed by atoms with Crippen LogP contribution in [0.5, 0.6) is 0 Å². The molecule has 1 aromatic heterocycles. The third-order valence-corrected chi connectivity index (χ3v) is 7.44. The van der Waals surface area contributed by atoms with E-state index < -0.39 is 34.8 Å². The fourth-order valence-electron chi connectivity index (χ4n) is 5.31. The van der Waals surface area contributed by atoms with Crippen molar-refractivity contribution in [2.45, 2.75) is 18.4 Å². The number of hydrogen-bond donors (Lipinski definition) is 1. The third kappa shape index (κ3) is 3.81. The molecule has 6 rings (SSSR count). The Hall–Kier alpha value is -4.24. The molecule has 1 spiro atoms.